The quantitative estimate of drug-likeness (QED) is 0.300. The van der Waals surface area contributed by atoms with E-state index >= 15 is 0 Å². The number of benzene rings is 1. The summed E-state index contributed by atoms with van der Waals surface area (Å²) >= 11 is 0. The second-order valence-electron chi connectivity index (χ2n) is 11.3. The Bertz CT molecular complexity index is 1060. The van der Waals surface area contributed by atoms with Crippen LogP contribution in [0, 0.1) is 11.8 Å². The van der Waals surface area contributed by atoms with Gasteiger partial charge in [-0.25, -0.2) is 8.42 Å². The molecule has 3 aliphatic rings. The summed E-state index contributed by atoms with van der Waals surface area (Å²) < 4.78 is 57.6. The van der Waals surface area contributed by atoms with Gasteiger partial charge in [-0.05, 0) is 50.3 Å². The zero-order valence-corrected chi connectivity index (χ0v) is 23.7. The summed E-state index contributed by atoms with van der Waals surface area (Å²) in [6.07, 6.45) is 2.13. The van der Waals surface area contributed by atoms with E-state index in [-0.39, 0.29) is 41.0 Å². The number of carbonyl (C=O) groups is 1. The molecule has 0 saturated carbocycles. The third-order valence-electron chi connectivity index (χ3n) is 8.04. The summed E-state index contributed by atoms with van der Waals surface area (Å²) in [5.74, 6) is -0.944. The van der Waals surface area contributed by atoms with E-state index in [9.17, 15) is 13.2 Å². The fourth-order valence-corrected chi connectivity index (χ4v) is 7.73. The molecule has 212 valence electrons. The van der Waals surface area contributed by atoms with Crippen molar-refractivity contribution in [1.82, 2.24) is 0 Å². The largest absolute Gasteiger partial charge is 0.378 e. The van der Waals surface area contributed by atoms with E-state index in [2.05, 4.69) is 13.5 Å². The van der Waals surface area contributed by atoms with Crippen LogP contribution in [0.4, 0.5) is 0 Å². The van der Waals surface area contributed by atoms with Crippen LogP contribution in [0.15, 0.2) is 47.4 Å². The van der Waals surface area contributed by atoms with Gasteiger partial charge in [-0.3, -0.25) is 0 Å². The van der Waals surface area contributed by atoms with Crippen molar-refractivity contribution in [2.75, 3.05) is 19.5 Å². The Kier molecular flexibility index (Phi) is 9.48. The van der Waals surface area contributed by atoms with Crippen LogP contribution in [-0.4, -0.2) is 76.6 Å². The molecule has 8 nitrogen and oxygen atoms in total. The highest BCUT2D eigenvalue weighted by atomic mass is 32.2. The fraction of sp³-hybridized carbons (Fsp3) is 0.690. The molecular weight excluding hydrogens is 508 g/mol. The molecule has 3 heterocycles. The van der Waals surface area contributed by atoms with Crippen LogP contribution in [0.5, 0.6) is 0 Å². The highest BCUT2D eigenvalue weighted by Crippen LogP contribution is 2.41. The maximum absolute atomic E-state index is 13.5. The number of sulfone groups is 1. The van der Waals surface area contributed by atoms with Crippen molar-refractivity contribution >= 4 is 16.1 Å². The Balaban J connectivity index is 1.56. The molecule has 4 rings (SSSR count). The SMILES string of the molecule is C=C1C(C[C@@H]2O[C@H](C[C@H]3COC(C)(C)O3)[C@H](OC)C2CS(=O)(=O)c2ccccc2)O[C@@H](CCC=O)C[C@H]1C. The summed E-state index contributed by atoms with van der Waals surface area (Å²) in [7, 11) is -1.99. The lowest BCUT2D eigenvalue weighted by atomic mass is 9.83. The molecule has 1 aromatic rings. The molecule has 0 spiro atoms. The zero-order valence-electron chi connectivity index (χ0n) is 22.9. The smallest absolute Gasteiger partial charge is 0.178 e. The standard InChI is InChI=1S/C29H42O8S/c1-19-14-21(10-9-13-30)35-25(20(19)2)16-26-24(18-38(31,32)23-11-7-6-8-12-23)28(33-5)27(36-26)15-22-17-34-29(3,4)37-22/h6-8,11-13,19,21-22,24-28H,2,9-10,14-18H2,1,3-5H3/t19-,21+,22+,24?,25?,26+,27-,28-/m1/s1. The summed E-state index contributed by atoms with van der Waals surface area (Å²) in [6.45, 7) is 10.6. The van der Waals surface area contributed by atoms with Crippen LogP contribution in [0.25, 0.3) is 0 Å². The summed E-state index contributed by atoms with van der Waals surface area (Å²) in [4.78, 5) is 11.2. The molecule has 3 fully saturated rings. The van der Waals surface area contributed by atoms with Gasteiger partial charge in [0.15, 0.2) is 15.6 Å². The molecule has 0 aliphatic carbocycles. The maximum Gasteiger partial charge on any atom is 0.178 e. The van der Waals surface area contributed by atoms with Gasteiger partial charge in [0.2, 0.25) is 0 Å². The van der Waals surface area contributed by atoms with Gasteiger partial charge in [0.25, 0.3) is 0 Å². The van der Waals surface area contributed by atoms with E-state index in [4.69, 9.17) is 23.7 Å². The third kappa shape index (κ3) is 6.92. The molecule has 1 aromatic carbocycles. The van der Waals surface area contributed by atoms with E-state index < -0.39 is 33.8 Å². The zero-order chi connectivity index (χ0) is 27.5. The number of hydrogen-bond acceptors (Lipinski definition) is 8. The molecule has 0 aromatic heterocycles. The maximum atomic E-state index is 13.5. The predicted octanol–water partition coefficient (Wildman–Crippen LogP) is 4.12. The molecule has 0 N–H and O–H groups in total. The molecule has 3 aliphatic heterocycles. The Morgan fingerprint density at radius 3 is 2.47 bits per heavy atom. The molecule has 0 amide bonds. The Hall–Kier alpha value is -1.62. The highest BCUT2D eigenvalue weighted by Gasteiger charge is 2.50. The van der Waals surface area contributed by atoms with Gasteiger partial charge in [0, 0.05) is 32.3 Å². The molecule has 38 heavy (non-hydrogen) atoms. The lowest BCUT2D eigenvalue weighted by Crippen LogP contribution is -2.40. The first-order valence-electron chi connectivity index (χ1n) is 13.6. The predicted molar refractivity (Wildman–Crippen MR) is 142 cm³/mol. The number of rotatable bonds is 11. The first kappa shape index (κ1) is 29.4. The number of hydrogen-bond donors (Lipinski definition) is 0. The van der Waals surface area contributed by atoms with Crippen molar-refractivity contribution in [2.45, 2.75) is 100 Å². The average Bonchev–Trinajstić information content (AvgIpc) is 3.38. The summed E-state index contributed by atoms with van der Waals surface area (Å²) in [6, 6.07) is 8.50. The van der Waals surface area contributed by atoms with Crippen molar-refractivity contribution in [1.29, 1.82) is 0 Å². The number of carbonyl (C=O) groups excluding carboxylic acids is 1. The molecular formula is C29H42O8S. The van der Waals surface area contributed by atoms with Crippen molar-refractivity contribution in [3.8, 4) is 0 Å². The van der Waals surface area contributed by atoms with Gasteiger partial charge in [-0.15, -0.1) is 0 Å². The van der Waals surface area contributed by atoms with Crippen molar-refractivity contribution < 1.29 is 36.9 Å². The number of ether oxygens (including phenoxy) is 5. The number of methoxy groups -OCH3 is 1. The second kappa shape index (κ2) is 12.3. The normalized spacial score (nSPS) is 35.4. The van der Waals surface area contributed by atoms with E-state index in [1.54, 1.807) is 37.4 Å². The Morgan fingerprint density at radius 2 is 1.84 bits per heavy atom. The minimum absolute atomic E-state index is 0.0427. The lowest BCUT2D eigenvalue weighted by molar-refractivity contribution is -0.144. The van der Waals surface area contributed by atoms with Crippen LogP contribution in [0.1, 0.15) is 52.9 Å². The monoisotopic (exact) mass is 550 g/mol. The van der Waals surface area contributed by atoms with Crippen LogP contribution >= 0.6 is 0 Å². The van der Waals surface area contributed by atoms with E-state index in [0.717, 1.165) is 18.3 Å². The van der Waals surface area contributed by atoms with Gasteiger partial charge in [-0.1, -0.05) is 31.7 Å². The first-order valence-corrected chi connectivity index (χ1v) is 15.2. The van der Waals surface area contributed by atoms with Crippen molar-refractivity contribution in [3.63, 3.8) is 0 Å². The lowest BCUT2D eigenvalue weighted by Gasteiger charge is -2.37. The highest BCUT2D eigenvalue weighted by molar-refractivity contribution is 7.91. The van der Waals surface area contributed by atoms with Gasteiger partial charge in [0.1, 0.15) is 6.29 Å². The molecule has 2 unspecified atom stereocenters. The van der Waals surface area contributed by atoms with Crippen molar-refractivity contribution in [2.24, 2.45) is 11.8 Å². The van der Waals surface area contributed by atoms with E-state index in [0.29, 0.717) is 32.3 Å². The topological polar surface area (TPSA) is 97.4 Å². The molecule has 0 radical (unpaired) electrons. The van der Waals surface area contributed by atoms with Crippen molar-refractivity contribution in [3.05, 3.63) is 42.5 Å². The summed E-state index contributed by atoms with van der Waals surface area (Å²) in [5.41, 5.74) is 0.979. The van der Waals surface area contributed by atoms with E-state index in [1.165, 1.54) is 0 Å². The van der Waals surface area contributed by atoms with Crippen LogP contribution < -0.4 is 0 Å². The van der Waals surface area contributed by atoms with Gasteiger partial charge in [0.05, 0.1) is 53.9 Å². The van der Waals surface area contributed by atoms with Crippen LogP contribution in [-0.2, 0) is 38.3 Å². The van der Waals surface area contributed by atoms with Gasteiger partial charge < -0.3 is 28.5 Å². The summed E-state index contributed by atoms with van der Waals surface area (Å²) in [5, 5.41) is 0. The van der Waals surface area contributed by atoms with Crippen LogP contribution in [0.2, 0.25) is 0 Å². The van der Waals surface area contributed by atoms with Gasteiger partial charge >= 0.3 is 0 Å². The fourth-order valence-electron chi connectivity index (χ4n) is 6.05. The van der Waals surface area contributed by atoms with Crippen LogP contribution in [0.3, 0.4) is 0 Å². The minimum Gasteiger partial charge on any atom is -0.378 e. The Labute approximate surface area is 226 Å². The minimum atomic E-state index is -3.59. The Morgan fingerprint density at radius 1 is 1.11 bits per heavy atom. The molecule has 3 saturated heterocycles. The average molecular weight is 551 g/mol. The molecule has 9 heteroatoms. The molecule has 0 bridgehead atoms. The second-order valence-corrected chi connectivity index (χ2v) is 13.3. The number of aldehydes is 1. The van der Waals surface area contributed by atoms with E-state index in [1.807, 2.05) is 13.8 Å². The third-order valence-corrected chi connectivity index (χ3v) is 9.85. The van der Waals surface area contributed by atoms with Gasteiger partial charge in [-0.2, -0.15) is 0 Å². The molecule has 8 atom stereocenters. The first-order chi connectivity index (χ1) is 18.0.